The molecule has 0 N–H and O–H groups in total. The number of rotatable bonds is 3. The van der Waals surface area contributed by atoms with Crippen LogP contribution in [-0.2, 0) is 6.42 Å². The lowest BCUT2D eigenvalue weighted by Crippen LogP contribution is -1.86. The summed E-state index contributed by atoms with van der Waals surface area (Å²) in [6.45, 7) is 2.15. The molecule has 128 valence electrons. The summed E-state index contributed by atoms with van der Waals surface area (Å²) in [5, 5.41) is 2.42. The molecule has 0 heterocycles. The van der Waals surface area contributed by atoms with Gasteiger partial charge in [0, 0.05) is 6.07 Å². The summed E-state index contributed by atoms with van der Waals surface area (Å²) >= 11 is 0. The molecule has 2 heteroatoms. The van der Waals surface area contributed by atoms with Crippen molar-refractivity contribution in [1.29, 1.82) is 0 Å². The van der Waals surface area contributed by atoms with Gasteiger partial charge in [0.1, 0.15) is 11.6 Å². The van der Waals surface area contributed by atoms with E-state index in [1.807, 2.05) is 24.3 Å². The Labute approximate surface area is 151 Å². The molecular weight excluding hydrogens is 326 g/mol. The summed E-state index contributed by atoms with van der Waals surface area (Å²) < 4.78 is 26.9. The maximum absolute atomic E-state index is 13.5. The topological polar surface area (TPSA) is 0 Å². The van der Waals surface area contributed by atoms with Crippen LogP contribution in [0.1, 0.15) is 12.5 Å². The van der Waals surface area contributed by atoms with E-state index in [0.717, 1.165) is 29.2 Å². The predicted molar refractivity (Wildman–Crippen MR) is 104 cm³/mol. The first-order valence-corrected chi connectivity index (χ1v) is 8.72. The van der Waals surface area contributed by atoms with Crippen molar-refractivity contribution in [2.45, 2.75) is 13.3 Å². The molecule has 0 saturated carbocycles. The van der Waals surface area contributed by atoms with E-state index < -0.39 is 11.6 Å². The van der Waals surface area contributed by atoms with Crippen LogP contribution >= 0.6 is 0 Å². The van der Waals surface area contributed by atoms with Crippen LogP contribution in [0, 0.1) is 11.6 Å². The molecule has 0 nitrogen and oxygen atoms in total. The van der Waals surface area contributed by atoms with Crippen molar-refractivity contribution in [2.24, 2.45) is 0 Å². The summed E-state index contributed by atoms with van der Waals surface area (Å²) in [5.74, 6) is -1.13. The minimum atomic E-state index is -0.565. The number of hydrogen-bond donors (Lipinski definition) is 0. The Hall–Kier alpha value is -3.00. The van der Waals surface area contributed by atoms with Gasteiger partial charge >= 0.3 is 0 Å². The second kappa shape index (κ2) is 6.72. The lowest BCUT2D eigenvalue weighted by molar-refractivity contribution is 0.584. The van der Waals surface area contributed by atoms with Gasteiger partial charge in [0.25, 0.3) is 0 Å². The smallest absolute Gasteiger partial charge is 0.126 e. The maximum Gasteiger partial charge on any atom is 0.126 e. The zero-order valence-electron chi connectivity index (χ0n) is 14.5. The molecule has 4 aromatic rings. The molecule has 4 aromatic carbocycles. The summed E-state index contributed by atoms with van der Waals surface area (Å²) in [7, 11) is 0. The first-order chi connectivity index (χ1) is 12.6. The molecule has 4 rings (SSSR count). The molecule has 0 aliphatic carbocycles. The van der Waals surface area contributed by atoms with Gasteiger partial charge in [-0.2, -0.15) is 0 Å². The van der Waals surface area contributed by atoms with Crippen molar-refractivity contribution in [2.75, 3.05) is 0 Å². The van der Waals surface area contributed by atoms with Crippen LogP contribution in [-0.4, -0.2) is 0 Å². The largest absolute Gasteiger partial charge is 0.207 e. The molecule has 0 aliphatic rings. The molecule has 0 atom stereocenters. The molecule has 0 amide bonds. The van der Waals surface area contributed by atoms with E-state index in [1.54, 1.807) is 0 Å². The van der Waals surface area contributed by atoms with Gasteiger partial charge in [0.15, 0.2) is 0 Å². The Bertz CT molecular complexity index is 1060. The van der Waals surface area contributed by atoms with Crippen molar-refractivity contribution < 1.29 is 8.78 Å². The summed E-state index contributed by atoms with van der Waals surface area (Å²) in [6, 6.07) is 24.2. The average Bonchev–Trinajstić information content (AvgIpc) is 2.66. The molecular formula is C24H18F2. The van der Waals surface area contributed by atoms with Crippen LogP contribution < -0.4 is 0 Å². The predicted octanol–water partition coefficient (Wildman–Crippen LogP) is 7.01. The zero-order chi connectivity index (χ0) is 18.1. The quantitative estimate of drug-likeness (QED) is 0.375. The highest BCUT2D eigenvalue weighted by molar-refractivity contribution is 5.97. The van der Waals surface area contributed by atoms with E-state index in [9.17, 15) is 8.78 Å². The Balaban J connectivity index is 1.76. The third kappa shape index (κ3) is 3.11. The van der Waals surface area contributed by atoms with Crippen LogP contribution in [0.25, 0.3) is 33.0 Å². The van der Waals surface area contributed by atoms with Crippen molar-refractivity contribution in [1.82, 2.24) is 0 Å². The fraction of sp³-hybridized carbons (Fsp3) is 0.0833. The fourth-order valence-electron chi connectivity index (χ4n) is 3.37. The van der Waals surface area contributed by atoms with Crippen molar-refractivity contribution in [3.8, 4) is 22.3 Å². The van der Waals surface area contributed by atoms with Gasteiger partial charge in [-0.15, -0.1) is 0 Å². The molecule has 0 bridgehead atoms. The third-order valence-corrected chi connectivity index (χ3v) is 4.74. The Kier molecular flexibility index (Phi) is 4.26. The lowest BCUT2D eigenvalue weighted by Gasteiger charge is -2.10. The van der Waals surface area contributed by atoms with Gasteiger partial charge in [-0.05, 0) is 57.1 Å². The van der Waals surface area contributed by atoms with E-state index in [0.29, 0.717) is 5.56 Å². The molecule has 0 aliphatic heterocycles. The highest BCUT2D eigenvalue weighted by atomic mass is 19.1. The van der Waals surface area contributed by atoms with Gasteiger partial charge in [-0.3, -0.25) is 0 Å². The standard InChI is InChI=1S/C24H18F2/c1-2-16-6-11-24-19(12-16)4-3-5-23(24)18-9-7-17(8-10-18)20-13-21(25)15-22(26)14-20/h3-15H,2H2,1H3. The fourth-order valence-corrected chi connectivity index (χ4v) is 3.37. The van der Waals surface area contributed by atoms with Crippen LogP contribution in [0.3, 0.4) is 0 Å². The van der Waals surface area contributed by atoms with Gasteiger partial charge < -0.3 is 0 Å². The monoisotopic (exact) mass is 344 g/mol. The molecule has 0 aromatic heterocycles. The van der Waals surface area contributed by atoms with Crippen LogP contribution in [0.4, 0.5) is 8.78 Å². The summed E-state index contributed by atoms with van der Waals surface area (Å²) in [6.07, 6.45) is 1.01. The molecule has 0 saturated heterocycles. The minimum absolute atomic E-state index is 0.541. The zero-order valence-corrected chi connectivity index (χ0v) is 14.5. The SMILES string of the molecule is CCc1ccc2c(-c3ccc(-c4cc(F)cc(F)c4)cc3)cccc2c1. The van der Waals surface area contributed by atoms with Gasteiger partial charge in [0.2, 0.25) is 0 Å². The highest BCUT2D eigenvalue weighted by Crippen LogP contribution is 2.31. The molecule has 0 unspecified atom stereocenters. The number of hydrogen-bond acceptors (Lipinski definition) is 0. The first-order valence-electron chi connectivity index (χ1n) is 8.72. The van der Waals surface area contributed by atoms with Gasteiger partial charge in [0.05, 0.1) is 0 Å². The van der Waals surface area contributed by atoms with Crippen molar-refractivity contribution in [3.63, 3.8) is 0 Å². The average molecular weight is 344 g/mol. The second-order valence-electron chi connectivity index (χ2n) is 6.45. The number of halogens is 2. The Morgan fingerprint density at radius 3 is 2.04 bits per heavy atom. The number of fused-ring (bicyclic) bond motifs is 1. The lowest BCUT2D eigenvalue weighted by atomic mass is 9.95. The van der Waals surface area contributed by atoms with Crippen molar-refractivity contribution in [3.05, 3.63) is 96.1 Å². The highest BCUT2D eigenvalue weighted by Gasteiger charge is 2.07. The van der Waals surface area contributed by atoms with Gasteiger partial charge in [-0.1, -0.05) is 67.6 Å². The number of benzene rings is 4. The normalized spacial score (nSPS) is 11.0. The van der Waals surface area contributed by atoms with E-state index in [2.05, 4.69) is 43.3 Å². The molecule has 26 heavy (non-hydrogen) atoms. The Morgan fingerprint density at radius 2 is 1.35 bits per heavy atom. The van der Waals surface area contributed by atoms with Crippen molar-refractivity contribution >= 4 is 10.8 Å². The summed E-state index contributed by atoms with van der Waals surface area (Å²) in [5.41, 5.74) is 4.89. The third-order valence-electron chi connectivity index (χ3n) is 4.74. The Morgan fingerprint density at radius 1 is 0.654 bits per heavy atom. The maximum atomic E-state index is 13.5. The van der Waals surface area contributed by atoms with Crippen LogP contribution in [0.2, 0.25) is 0 Å². The molecule has 0 fully saturated rings. The number of aryl methyl sites for hydroxylation is 1. The minimum Gasteiger partial charge on any atom is -0.207 e. The van der Waals surface area contributed by atoms with Gasteiger partial charge in [-0.25, -0.2) is 8.78 Å². The van der Waals surface area contributed by atoms with E-state index in [-0.39, 0.29) is 0 Å². The molecule has 0 radical (unpaired) electrons. The van der Waals surface area contributed by atoms with E-state index in [1.165, 1.54) is 28.5 Å². The van der Waals surface area contributed by atoms with Crippen LogP contribution in [0.5, 0.6) is 0 Å². The second-order valence-corrected chi connectivity index (χ2v) is 6.45. The van der Waals surface area contributed by atoms with E-state index in [4.69, 9.17) is 0 Å². The summed E-state index contributed by atoms with van der Waals surface area (Å²) in [4.78, 5) is 0. The first kappa shape index (κ1) is 16.5. The van der Waals surface area contributed by atoms with Crippen LogP contribution in [0.15, 0.2) is 78.9 Å². The molecule has 0 spiro atoms. The van der Waals surface area contributed by atoms with E-state index >= 15 is 0 Å².